The van der Waals surface area contributed by atoms with Crippen LogP contribution in [0.2, 0.25) is 0 Å². The summed E-state index contributed by atoms with van der Waals surface area (Å²) in [5.74, 6) is 0.419. The molecule has 0 aromatic heterocycles. The van der Waals surface area contributed by atoms with Crippen LogP contribution in [0.5, 0.6) is 11.5 Å². The SMILES string of the molecule is COc1ccc2c(c1)C(=O)CC1(CCN(C(=O)c3cc([N+](=O)[O-])c(C)c([N+](=O)[O-])c3)CC1)O2. The van der Waals surface area contributed by atoms with Gasteiger partial charge in [-0.1, -0.05) is 0 Å². The zero-order chi connectivity index (χ0) is 23.9. The van der Waals surface area contributed by atoms with Gasteiger partial charge in [0.05, 0.1) is 34.5 Å². The molecule has 11 nitrogen and oxygen atoms in total. The van der Waals surface area contributed by atoms with E-state index in [2.05, 4.69) is 0 Å². The van der Waals surface area contributed by atoms with E-state index in [0.717, 1.165) is 12.1 Å². The first-order valence-corrected chi connectivity index (χ1v) is 10.3. The summed E-state index contributed by atoms with van der Waals surface area (Å²) in [7, 11) is 1.52. The van der Waals surface area contributed by atoms with E-state index in [-0.39, 0.29) is 36.4 Å². The lowest BCUT2D eigenvalue weighted by Crippen LogP contribution is -2.52. The number of ether oxygens (including phenoxy) is 2. The zero-order valence-electron chi connectivity index (χ0n) is 18.0. The van der Waals surface area contributed by atoms with E-state index in [9.17, 15) is 29.8 Å². The molecule has 2 aromatic carbocycles. The number of hydrogen-bond acceptors (Lipinski definition) is 8. The first-order valence-electron chi connectivity index (χ1n) is 10.3. The van der Waals surface area contributed by atoms with Gasteiger partial charge in [-0.25, -0.2) is 0 Å². The van der Waals surface area contributed by atoms with Gasteiger partial charge < -0.3 is 14.4 Å². The second-order valence-corrected chi connectivity index (χ2v) is 8.19. The summed E-state index contributed by atoms with van der Waals surface area (Å²) in [6.07, 6.45) is 0.925. The maximum Gasteiger partial charge on any atom is 0.279 e. The molecule has 0 aliphatic carbocycles. The molecule has 0 N–H and O–H groups in total. The molecule has 0 radical (unpaired) electrons. The van der Waals surface area contributed by atoms with Crippen molar-refractivity contribution in [3.05, 3.63) is 67.3 Å². The van der Waals surface area contributed by atoms with Crippen LogP contribution in [0.4, 0.5) is 11.4 Å². The number of ketones is 1. The van der Waals surface area contributed by atoms with Crippen molar-refractivity contribution in [2.24, 2.45) is 0 Å². The first kappa shape index (κ1) is 22.2. The van der Waals surface area contributed by atoms with Crippen molar-refractivity contribution >= 4 is 23.1 Å². The van der Waals surface area contributed by atoms with E-state index in [0.29, 0.717) is 29.9 Å². The van der Waals surface area contributed by atoms with E-state index in [4.69, 9.17) is 9.47 Å². The fourth-order valence-electron chi connectivity index (χ4n) is 4.37. The number of Topliss-reactive ketones (excluding diaryl/α,β-unsaturated/α-hetero) is 1. The fraction of sp³-hybridized carbons (Fsp3) is 0.364. The predicted molar refractivity (Wildman–Crippen MR) is 115 cm³/mol. The average molecular weight is 455 g/mol. The standard InChI is InChI=1S/C22H21N3O8/c1-13-17(24(28)29)9-14(10-18(13)25(30)31)21(27)23-7-5-22(6-8-23)12-19(26)16-11-15(32-2)3-4-20(16)33-22/h3-4,9-11H,5-8,12H2,1-2H3. The highest BCUT2D eigenvalue weighted by atomic mass is 16.6. The minimum absolute atomic E-state index is 0.0697. The van der Waals surface area contributed by atoms with Crippen molar-refractivity contribution in [1.82, 2.24) is 4.90 Å². The number of rotatable bonds is 4. The average Bonchev–Trinajstić information content (AvgIpc) is 2.78. The Morgan fingerprint density at radius 2 is 1.70 bits per heavy atom. The lowest BCUT2D eigenvalue weighted by molar-refractivity contribution is -0.395. The van der Waals surface area contributed by atoms with Gasteiger partial charge in [0.25, 0.3) is 17.3 Å². The second-order valence-electron chi connectivity index (χ2n) is 8.19. The summed E-state index contributed by atoms with van der Waals surface area (Å²) >= 11 is 0. The molecule has 2 aliphatic rings. The molecule has 11 heteroatoms. The highest BCUT2D eigenvalue weighted by Crippen LogP contribution is 2.41. The molecule has 0 unspecified atom stereocenters. The number of carbonyl (C=O) groups excluding carboxylic acids is 2. The number of nitro groups is 2. The Bertz CT molecular complexity index is 1150. The van der Waals surface area contributed by atoms with E-state index < -0.39 is 32.7 Å². The summed E-state index contributed by atoms with van der Waals surface area (Å²) in [6, 6.07) is 7.18. The minimum atomic E-state index is -0.749. The number of methoxy groups -OCH3 is 1. The normalized spacial score (nSPS) is 16.7. The van der Waals surface area contributed by atoms with Gasteiger partial charge in [0.2, 0.25) is 0 Å². The van der Waals surface area contributed by atoms with Crippen molar-refractivity contribution in [3.8, 4) is 11.5 Å². The molecule has 1 spiro atoms. The van der Waals surface area contributed by atoms with E-state index >= 15 is 0 Å². The summed E-state index contributed by atoms with van der Waals surface area (Å²) in [5, 5.41) is 22.6. The topological polar surface area (TPSA) is 142 Å². The zero-order valence-corrected chi connectivity index (χ0v) is 18.0. The highest BCUT2D eigenvalue weighted by molar-refractivity contribution is 6.01. The van der Waals surface area contributed by atoms with Gasteiger partial charge in [-0.15, -0.1) is 0 Å². The van der Waals surface area contributed by atoms with Crippen molar-refractivity contribution in [2.45, 2.75) is 31.8 Å². The third kappa shape index (κ3) is 3.97. The Morgan fingerprint density at radius 1 is 1.09 bits per heavy atom. The number of nitrogens with zero attached hydrogens (tertiary/aromatic N) is 3. The van der Waals surface area contributed by atoms with Crippen molar-refractivity contribution in [2.75, 3.05) is 20.2 Å². The molecule has 0 bridgehead atoms. The van der Waals surface area contributed by atoms with Crippen LogP contribution < -0.4 is 9.47 Å². The van der Waals surface area contributed by atoms with E-state index in [1.165, 1.54) is 18.9 Å². The maximum absolute atomic E-state index is 13.0. The molecular formula is C22H21N3O8. The molecule has 1 saturated heterocycles. The van der Waals surface area contributed by atoms with Crippen LogP contribution >= 0.6 is 0 Å². The Kier molecular flexibility index (Phi) is 5.48. The smallest absolute Gasteiger partial charge is 0.279 e. The molecule has 2 aromatic rings. The predicted octanol–water partition coefficient (Wildman–Crippen LogP) is 3.46. The Morgan fingerprint density at radius 3 is 2.24 bits per heavy atom. The number of hydrogen-bond donors (Lipinski definition) is 0. The number of fused-ring (bicyclic) bond motifs is 1. The number of likely N-dealkylation sites (tertiary alicyclic amines) is 1. The minimum Gasteiger partial charge on any atom is -0.497 e. The molecule has 33 heavy (non-hydrogen) atoms. The molecule has 0 saturated carbocycles. The molecule has 0 atom stereocenters. The van der Waals surface area contributed by atoms with Crippen molar-refractivity contribution in [1.29, 1.82) is 0 Å². The number of benzene rings is 2. The largest absolute Gasteiger partial charge is 0.497 e. The Hall–Kier alpha value is -4.02. The van der Waals surface area contributed by atoms with Gasteiger partial charge >= 0.3 is 0 Å². The summed E-state index contributed by atoms with van der Waals surface area (Å²) in [6.45, 7) is 1.76. The van der Waals surface area contributed by atoms with Gasteiger partial charge in [-0.2, -0.15) is 0 Å². The fourth-order valence-corrected chi connectivity index (χ4v) is 4.37. The van der Waals surface area contributed by atoms with Crippen LogP contribution in [0.1, 0.15) is 45.5 Å². The number of piperidine rings is 1. The number of nitro benzene ring substituents is 2. The lowest BCUT2D eigenvalue weighted by Gasteiger charge is -2.44. The van der Waals surface area contributed by atoms with Gasteiger partial charge in [0.15, 0.2) is 5.78 Å². The van der Waals surface area contributed by atoms with E-state index in [1.54, 1.807) is 18.2 Å². The van der Waals surface area contributed by atoms with Gasteiger partial charge in [0.1, 0.15) is 22.7 Å². The Labute approximate surface area is 188 Å². The van der Waals surface area contributed by atoms with Crippen LogP contribution in [-0.4, -0.2) is 52.2 Å². The quantitative estimate of drug-likeness (QED) is 0.504. The monoisotopic (exact) mass is 455 g/mol. The van der Waals surface area contributed by atoms with Crippen molar-refractivity contribution in [3.63, 3.8) is 0 Å². The molecule has 1 fully saturated rings. The molecule has 4 rings (SSSR count). The van der Waals surface area contributed by atoms with Crippen LogP contribution in [0.25, 0.3) is 0 Å². The third-order valence-electron chi connectivity index (χ3n) is 6.25. The molecular weight excluding hydrogens is 434 g/mol. The van der Waals surface area contributed by atoms with Gasteiger partial charge in [0, 0.05) is 38.1 Å². The first-order chi connectivity index (χ1) is 15.6. The number of amides is 1. The second kappa shape index (κ2) is 8.15. The van der Waals surface area contributed by atoms with Gasteiger partial charge in [-0.05, 0) is 25.1 Å². The molecule has 2 heterocycles. The molecule has 172 valence electrons. The van der Waals surface area contributed by atoms with Crippen molar-refractivity contribution < 1.29 is 28.9 Å². The summed E-state index contributed by atoms with van der Waals surface area (Å²) in [4.78, 5) is 48.4. The van der Waals surface area contributed by atoms with Crippen LogP contribution in [0, 0.1) is 27.2 Å². The van der Waals surface area contributed by atoms with Crippen LogP contribution in [0.3, 0.4) is 0 Å². The maximum atomic E-state index is 13.0. The van der Waals surface area contributed by atoms with E-state index in [1.807, 2.05) is 0 Å². The Balaban J connectivity index is 1.54. The number of carbonyl (C=O) groups is 2. The molecule has 2 aliphatic heterocycles. The highest BCUT2D eigenvalue weighted by Gasteiger charge is 2.44. The lowest BCUT2D eigenvalue weighted by atomic mass is 9.82. The summed E-state index contributed by atoms with van der Waals surface area (Å²) in [5.41, 5.74) is -1.47. The summed E-state index contributed by atoms with van der Waals surface area (Å²) < 4.78 is 11.4. The van der Waals surface area contributed by atoms with Crippen LogP contribution in [-0.2, 0) is 0 Å². The third-order valence-corrected chi connectivity index (χ3v) is 6.25. The molecule has 1 amide bonds. The van der Waals surface area contributed by atoms with Crippen LogP contribution in [0.15, 0.2) is 30.3 Å². The van der Waals surface area contributed by atoms with Gasteiger partial charge in [-0.3, -0.25) is 29.8 Å².